The van der Waals surface area contributed by atoms with Gasteiger partial charge in [0.1, 0.15) is 0 Å². The number of hydrogen-bond acceptors (Lipinski definition) is 4. The van der Waals surface area contributed by atoms with Crippen molar-refractivity contribution in [2.24, 2.45) is 0 Å². The summed E-state index contributed by atoms with van der Waals surface area (Å²) in [4.78, 5) is 55.7. The standard InChI is InChI=1S/C27H28F3N4O4.3C4H9.Sn/c1-2-10-20(25(37)34-16-9-15-22(34)24(36)31-19-13-7-4-8-14-19)32-23(35)21(33-26(38)27(28,29)30)17-18-11-5-3-6-12-18;3*1-3-4-2;/h3-8,11-14,20-22H,1,9-10,15-17H2,(H,31,36)(H,32,35)(H,33,38);3*1,3-4H2,2H3;/t20-,21+,22+;;;;/m1..../s1. The Kier molecular flexibility index (Phi) is 17.0. The van der Waals surface area contributed by atoms with Gasteiger partial charge in [-0.2, -0.15) is 0 Å². The van der Waals surface area contributed by atoms with Gasteiger partial charge in [0.15, 0.2) is 0 Å². The molecule has 3 atom stereocenters. The Balaban J connectivity index is 2.00. The topological polar surface area (TPSA) is 108 Å². The fourth-order valence-electron chi connectivity index (χ4n) is 6.94. The number of alkyl halides is 3. The molecule has 3 rings (SSSR count). The van der Waals surface area contributed by atoms with Crippen molar-refractivity contribution in [3.63, 3.8) is 0 Å². The number of hydrogen-bond donors (Lipinski definition) is 3. The summed E-state index contributed by atoms with van der Waals surface area (Å²) in [6.07, 6.45) is 1.93. The van der Waals surface area contributed by atoms with Crippen LogP contribution < -0.4 is 16.0 Å². The summed E-state index contributed by atoms with van der Waals surface area (Å²) in [6.45, 7) is 11.4. The van der Waals surface area contributed by atoms with Crippen molar-refractivity contribution < 1.29 is 32.3 Å². The Morgan fingerprint density at radius 3 is 1.92 bits per heavy atom. The number of benzene rings is 2. The molecule has 0 bridgehead atoms. The molecule has 1 saturated heterocycles. The molecule has 280 valence electrons. The van der Waals surface area contributed by atoms with Gasteiger partial charge in [-0.25, -0.2) is 0 Å². The van der Waals surface area contributed by atoms with E-state index in [1.165, 1.54) is 4.90 Å². The van der Waals surface area contributed by atoms with Crippen LogP contribution in [-0.2, 0) is 25.6 Å². The van der Waals surface area contributed by atoms with Crippen molar-refractivity contribution in [1.82, 2.24) is 15.5 Å². The molecule has 8 nitrogen and oxygen atoms in total. The monoisotopic (exact) mass is 820 g/mol. The van der Waals surface area contributed by atoms with Crippen molar-refractivity contribution in [1.29, 1.82) is 0 Å². The number of nitrogens with one attached hydrogen (secondary N) is 3. The summed E-state index contributed by atoms with van der Waals surface area (Å²) < 4.78 is 44.6. The molecule has 0 radical (unpaired) electrons. The fraction of sp³-hybridized carbons (Fsp3) is 0.538. The van der Waals surface area contributed by atoms with Crippen LogP contribution >= 0.6 is 0 Å². The summed E-state index contributed by atoms with van der Waals surface area (Å²) in [5.41, 5.74) is 1.13. The van der Waals surface area contributed by atoms with E-state index in [4.69, 9.17) is 0 Å². The number of likely N-dealkylation sites (tertiary alicyclic amines) is 1. The number of unbranched alkanes of at least 4 members (excludes halogenated alkanes) is 3. The third-order valence-electron chi connectivity index (χ3n) is 9.88. The van der Waals surface area contributed by atoms with E-state index in [1.807, 2.05) is 11.4 Å². The molecule has 1 aliphatic heterocycles. The van der Waals surface area contributed by atoms with Crippen molar-refractivity contribution in [3.05, 3.63) is 76.4 Å². The number of para-hydroxylation sites is 1. The number of carbonyl (C=O) groups excluding carboxylic acids is 4. The molecular formula is C39H55F3N4O4Sn. The third kappa shape index (κ3) is 12.7. The number of anilines is 1. The first-order chi connectivity index (χ1) is 24.3. The second-order valence-corrected chi connectivity index (χ2v) is 27.3. The average molecular weight is 820 g/mol. The van der Waals surface area contributed by atoms with Crippen LogP contribution in [0.5, 0.6) is 0 Å². The zero-order valence-corrected chi connectivity index (χ0v) is 33.2. The van der Waals surface area contributed by atoms with Crippen LogP contribution in [0.3, 0.4) is 0 Å². The van der Waals surface area contributed by atoms with E-state index in [2.05, 4.69) is 38.0 Å². The molecule has 1 fully saturated rings. The van der Waals surface area contributed by atoms with E-state index in [0.29, 0.717) is 30.6 Å². The van der Waals surface area contributed by atoms with Gasteiger partial charge in [-0.05, 0) is 0 Å². The normalized spacial score (nSPS) is 15.9. The molecule has 12 heteroatoms. The zero-order valence-electron chi connectivity index (χ0n) is 30.3. The van der Waals surface area contributed by atoms with Gasteiger partial charge in [0, 0.05) is 0 Å². The SMILES string of the molecule is C=[C](C[C@@H](NC(=O)[C@H](Cc1ccccc1)NC(=O)C(F)(F)F)C(=O)N1CCC[C@H]1C(=O)Nc1ccccc1)[Sn]([CH2]CCC)([CH2]CCC)[CH2]CCC. The molecule has 3 N–H and O–H groups in total. The first-order valence-corrected chi connectivity index (χ1v) is 25.9. The van der Waals surface area contributed by atoms with Crippen molar-refractivity contribution in [2.45, 2.75) is 123 Å². The molecular weight excluding hydrogens is 764 g/mol. The number of carbonyl (C=O) groups is 4. The van der Waals surface area contributed by atoms with Gasteiger partial charge in [-0.3, -0.25) is 0 Å². The van der Waals surface area contributed by atoms with Gasteiger partial charge >= 0.3 is 306 Å². The maximum absolute atomic E-state index is 14.6. The second kappa shape index (κ2) is 20.6. The molecule has 0 saturated carbocycles. The minimum absolute atomic E-state index is 0.145. The quantitative estimate of drug-likeness (QED) is 0.119. The number of rotatable bonds is 20. The Morgan fingerprint density at radius 2 is 1.39 bits per heavy atom. The fourth-order valence-corrected chi connectivity index (χ4v) is 22.7. The van der Waals surface area contributed by atoms with Crippen molar-refractivity contribution in [2.75, 3.05) is 11.9 Å². The molecule has 0 aliphatic carbocycles. The van der Waals surface area contributed by atoms with E-state index in [0.717, 1.165) is 55.4 Å². The summed E-state index contributed by atoms with van der Waals surface area (Å²) >= 11 is -3.18. The third-order valence-corrected chi connectivity index (χ3v) is 26.0. The molecule has 1 aliphatic rings. The number of amides is 4. The van der Waals surface area contributed by atoms with Crippen LogP contribution in [0.1, 0.15) is 84.1 Å². The Morgan fingerprint density at radius 1 is 0.843 bits per heavy atom. The first-order valence-electron chi connectivity index (χ1n) is 18.4. The predicted octanol–water partition coefficient (Wildman–Crippen LogP) is 7.73. The number of halogens is 3. The van der Waals surface area contributed by atoms with E-state index in [9.17, 15) is 32.3 Å². The second-order valence-electron chi connectivity index (χ2n) is 13.7. The maximum atomic E-state index is 14.6. The Hall–Kier alpha value is -3.35. The molecule has 2 aromatic carbocycles. The molecule has 4 amide bonds. The van der Waals surface area contributed by atoms with Crippen LogP contribution in [0.4, 0.5) is 18.9 Å². The van der Waals surface area contributed by atoms with Crippen molar-refractivity contribution >= 4 is 47.7 Å². The van der Waals surface area contributed by atoms with Crippen LogP contribution in [0.2, 0.25) is 13.3 Å². The molecule has 2 aromatic rings. The van der Waals surface area contributed by atoms with Gasteiger partial charge in [-0.1, -0.05) is 0 Å². The zero-order chi connectivity index (χ0) is 37.4. The first kappa shape index (κ1) is 42.1. The van der Waals surface area contributed by atoms with E-state index < -0.39 is 60.4 Å². The number of nitrogens with zero attached hydrogens (tertiary/aromatic N) is 1. The van der Waals surface area contributed by atoms with Crippen LogP contribution in [0.25, 0.3) is 0 Å². The molecule has 1 heterocycles. The van der Waals surface area contributed by atoms with Gasteiger partial charge < -0.3 is 0 Å². The van der Waals surface area contributed by atoms with Gasteiger partial charge in [0.05, 0.1) is 0 Å². The van der Waals surface area contributed by atoms with E-state index >= 15 is 0 Å². The summed E-state index contributed by atoms with van der Waals surface area (Å²) in [5.74, 6) is -3.96. The molecule has 0 unspecified atom stereocenters. The van der Waals surface area contributed by atoms with Crippen LogP contribution in [0.15, 0.2) is 70.8 Å². The van der Waals surface area contributed by atoms with Gasteiger partial charge in [-0.15, -0.1) is 0 Å². The minimum atomic E-state index is -5.21. The van der Waals surface area contributed by atoms with Crippen molar-refractivity contribution in [3.8, 4) is 0 Å². The average Bonchev–Trinajstić information content (AvgIpc) is 3.61. The summed E-state index contributed by atoms with van der Waals surface area (Å²) in [5, 5.41) is 7.53. The predicted molar refractivity (Wildman–Crippen MR) is 199 cm³/mol. The van der Waals surface area contributed by atoms with Crippen LogP contribution in [-0.4, -0.2) is 77.8 Å². The molecule has 0 spiro atoms. The Labute approximate surface area is 305 Å². The van der Waals surface area contributed by atoms with Gasteiger partial charge in [0.25, 0.3) is 0 Å². The molecule has 0 aromatic heterocycles. The Bertz CT molecular complexity index is 1420. The van der Waals surface area contributed by atoms with E-state index in [1.54, 1.807) is 54.6 Å². The van der Waals surface area contributed by atoms with Gasteiger partial charge in [0.2, 0.25) is 0 Å². The summed E-state index contributed by atoms with van der Waals surface area (Å²) in [7, 11) is 0. The van der Waals surface area contributed by atoms with E-state index in [-0.39, 0.29) is 18.7 Å². The summed E-state index contributed by atoms with van der Waals surface area (Å²) in [6, 6.07) is 13.8. The molecule has 51 heavy (non-hydrogen) atoms. The van der Waals surface area contributed by atoms with Crippen LogP contribution in [0, 0.1) is 0 Å².